The van der Waals surface area contributed by atoms with E-state index in [1.165, 1.54) is 0 Å². The summed E-state index contributed by atoms with van der Waals surface area (Å²) in [6, 6.07) is 19.6. The monoisotopic (exact) mass is 364 g/mol. The number of hydrazone groups is 1. The third-order valence-corrected chi connectivity index (χ3v) is 5.11. The van der Waals surface area contributed by atoms with E-state index in [9.17, 15) is 4.79 Å². The fourth-order valence-corrected chi connectivity index (χ4v) is 3.77. The first kappa shape index (κ1) is 17.9. The minimum atomic E-state index is -1.06. The van der Waals surface area contributed by atoms with Gasteiger partial charge in [0.1, 0.15) is 17.5 Å². The van der Waals surface area contributed by atoms with Gasteiger partial charge in [0.15, 0.2) is 5.60 Å². The van der Waals surface area contributed by atoms with Gasteiger partial charge in [-0.25, -0.2) is 0 Å². The van der Waals surface area contributed by atoms with Crippen molar-refractivity contribution in [3.05, 3.63) is 71.8 Å². The van der Waals surface area contributed by atoms with Crippen molar-refractivity contribution in [2.45, 2.75) is 44.1 Å². The number of nitrogens with one attached hydrogen (secondary N) is 1. The van der Waals surface area contributed by atoms with E-state index in [0.29, 0.717) is 12.3 Å². The highest BCUT2D eigenvalue weighted by molar-refractivity contribution is 6.47. The second-order valence-corrected chi connectivity index (χ2v) is 7.45. The van der Waals surface area contributed by atoms with Crippen LogP contribution in [0.25, 0.3) is 0 Å². The smallest absolute Gasteiger partial charge is 0.213 e. The highest BCUT2D eigenvalue weighted by Crippen LogP contribution is 2.45. The number of ketones is 1. The maximum Gasteiger partial charge on any atom is 0.213 e. The molecule has 2 heterocycles. The van der Waals surface area contributed by atoms with Gasteiger partial charge in [0.2, 0.25) is 5.78 Å². The molecule has 2 aromatic rings. The Kier molecular flexibility index (Phi) is 4.58. The van der Waals surface area contributed by atoms with Crippen molar-refractivity contribution >= 4 is 11.5 Å². The molecule has 0 spiro atoms. The molecule has 1 atom stereocenters. The summed E-state index contributed by atoms with van der Waals surface area (Å²) >= 11 is 0. The van der Waals surface area contributed by atoms with Gasteiger partial charge in [0, 0.05) is 6.61 Å². The van der Waals surface area contributed by atoms with Crippen LogP contribution in [0.1, 0.15) is 37.8 Å². The SMILES string of the molecule is CC1(C)OC(c2ccccc2)(c2ccccc2)/C(=N/NC2CCCO2)C1=O. The van der Waals surface area contributed by atoms with Crippen LogP contribution in [0.3, 0.4) is 0 Å². The predicted octanol–water partition coefficient (Wildman–Crippen LogP) is 3.39. The maximum atomic E-state index is 13.3. The van der Waals surface area contributed by atoms with Crippen LogP contribution in [0, 0.1) is 0 Å². The molecule has 1 N–H and O–H groups in total. The van der Waals surface area contributed by atoms with Gasteiger partial charge >= 0.3 is 0 Å². The molecule has 4 rings (SSSR count). The summed E-state index contributed by atoms with van der Waals surface area (Å²) in [4.78, 5) is 13.3. The molecule has 0 bridgehead atoms. The van der Waals surface area contributed by atoms with Gasteiger partial charge in [-0.15, -0.1) is 0 Å². The number of hydrogen-bond acceptors (Lipinski definition) is 5. The number of hydrogen-bond donors (Lipinski definition) is 1. The first-order valence-electron chi connectivity index (χ1n) is 9.35. The van der Waals surface area contributed by atoms with E-state index < -0.39 is 11.2 Å². The molecule has 0 aromatic heterocycles. The predicted molar refractivity (Wildman–Crippen MR) is 103 cm³/mol. The molecule has 2 fully saturated rings. The number of rotatable bonds is 4. The first-order valence-corrected chi connectivity index (χ1v) is 9.35. The van der Waals surface area contributed by atoms with Gasteiger partial charge in [0.05, 0.1) is 0 Å². The fourth-order valence-electron chi connectivity index (χ4n) is 3.77. The van der Waals surface area contributed by atoms with Crippen LogP contribution in [0.5, 0.6) is 0 Å². The summed E-state index contributed by atoms with van der Waals surface area (Å²) < 4.78 is 12.1. The van der Waals surface area contributed by atoms with Crippen molar-refractivity contribution in [3.63, 3.8) is 0 Å². The molecule has 0 aliphatic carbocycles. The third-order valence-electron chi connectivity index (χ3n) is 5.11. The van der Waals surface area contributed by atoms with Gasteiger partial charge in [-0.2, -0.15) is 5.10 Å². The van der Waals surface area contributed by atoms with Crippen molar-refractivity contribution < 1.29 is 14.3 Å². The average Bonchev–Trinajstić information content (AvgIpc) is 3.28. The number of benzene rings is 2. The van der Waals surface area contributed by atoms with E-state index in [-0.39, 0.29) is 12.0 Å². The Balaban J connectivity index is 1.88. The van der Waals surface area contributed by atoms with Crippen molar-refractivity contribution in [2.24, 2.45) is 5.10 Å². The molecule has 0 saturated carbocycles. The number of Topliss-reactive ketones (excluding diaryl/α,β-unsaturated/α-hetero) is 1. The summed E-state index contributed by atoms with van der Waals surface area (Å²) in [5.74, 6) is -0.124. The lowest BCUT2D eigenvalue weighted by Crippen LogP contribution is -2.38. The standard InChI is InChI=1S/C22H24N2O3/c1-21(2)20(25)19(24-23-18-14-9-15-26-18)22(27-21,16-10-5-3-6-11-16)17-12-7-4-8-13-17/h3-8,10-13,18,23H,9,14-15H2,1-2H3/b24-19+. The second kappa shape index (κ2) is 6.91. The Bertz CT molecular complexity index is 801. The normalized spacial score (nSPS) is 25.0. The Morgan fingerprint density at radius 1 is 1.00 bits per heavy atom. The Labute approximate surface area is 159 Å². The van der Waals surface area contributed by atoms with Gasteiger partial charge in [-0.05, 0) is 37.8 Å². The minimum absolute atomic E-state index is 0.124. The van der Waals surface area contributed by atoms with Gasteiger partial charge < -0.3 is 9.47 Å². The van der Waals surface area contributed by atoms with E-state index in [1.54, 1.807) is 13.8 Å². The quantitative estimate of drug-likeness (QED) is 0.845. The molecule has 2 saturated heterocycles. The van der Waals surface area contributed by atoms with Crippen molar-refractivity contribution in [1.82, 2.24) is 5.43 Å². The molecule has 0 amide bonds. The van der Waals surface area contributed by atoms with E-state index in [4.69, 9.17) is 9.47 Å². The number of ether oxygens (including phenoxy) is 2. The summed E-state index contributed by atoms with van der Waals surface area (Å²) in [7, 11) is 0. The van der Waals surface area contributed by atoms with Crippen molar-refractivity contribution in [2.75, 3.05) is 6.61 Å². The summed E-state index contributed by atoms with van der Waals surface area (Å²) in [5.41, 5.74) is 3.12. The number of carbonyl (C=O) groups is 1. The second-order valence-electron chi connectivity index (χ2n) is 7.45. The number of carbonyl (C=O) groups excluding carboxylic acids is 1. The molecular formula is C22H24N2O3. The molecule has 2 aliphatic heterocycles. The minimum Gasteiger partial charge on any atom is -0.357 e. The summed E-state index contributed by atoms with van der Waals surface area (Å²) in [6.45, 7) is 4.30. The molecule has 5 heteroatoms. The zero-order valence-electron chi connectivity index (χ0n) is 15.6. The van der Waals surface area contributed by atoms with E-state index in [1.807, 2.05) is 60.7 Å². The van der Waals surface area contributed by atoms with E-state index >= 15 is 0 Å². The number of nitrogens with zero attached hydrogens (tertiary/aromatic N) is 1. The van der Waals surface area contributed by atoms with E-state index in [0.717, 1.165) is 24.0 Å². The van der Waals surface area contributed by atoms with Gasteiger partial charge in [-0.3, -0.25) is 10.2 Å². The summed E-state index contributed by atoms with van der Waals surface area (Å²) in [5, 5.41) is 4.56. The first-order chi connectivity index (χ1) is 13.0. The van der Waals surface area contributed by atoms with Crippen LogP contribution in [-0.2, 0) is 19.9 Å². The van der Waals surface area contributed by atoms with Crippen LogP contribution in [0.2, 0.25) is 0 Å². The van der Waals surface area contributed by atoms with E-state index in [2.05, 4.69) is 10.5 Å². The maximum absolute atomic E-state index is 13.3. The zero-order chi connectivity index (χ0) is 18.9. The zero-order valence-corrected chi connectivity index (χ0v) is 15.6. The highest BCUT2D eigenvalue weighted by Gasteiger charge is 2.58. The molecule has 2 aromatic carbocycles. The average molecular weight is 364 g/mol. The molecule has 5 nitrogen and oxygen atoms in total. The molecule has 140 valence electrons. The Morgan fingerprint density at radius 2 is 1.59 bits per heavy atom. The van der Waals surface area contributed by atoms with Crippen LogP contribution in [0.4, 0.5) is 0 Å². The van der Waals surface area contributed by atoms with Crippen LogP contribution in [0.15, 0.2) is 65.8 Å². The van der Waals surface area contributed by atoms with Crippen LogP contribution >= 0.6 is 0 Å². The topological polar surface area (TPSA) is 59.9 Å². The van der Waals surface area contributed by atoms with Gasteiger partial charge in [-0.1, -0.05) is 60.7 Å². The Hall–Kier alpha value is -2.50. The van der Waals surface area contributed by atoms with Crippen LogP contribution < -0.4 is 5.43 Å². The lowest BCUT2D eigenvalue weighted by atomic mass is 9.81. The van der Waals surface area contributed by atoms with Gasteiger partial charge in [0.25, 0.3) is 0 Å². The fraction of sp³-hybridized carbons (Fsp3) is 0.364. The lowest BCUT2D eigenvalue weighted by molar-refractivity contribution is -0.132. The summed E-state index contributed by atoms with van der Waals surface area (Å²) in [6.07, 6.45) is 1.69. The van der Waals surface area contributed by atoms with Crippen LogP contribution in [-0.4, -0.2) is 29.9 Å². The molecule has 0 radical (unpaired) electrons. The molecular weight excluding hydrogens is 340 g/mol. The van der Waals surface area contributed by atoms with Crippen molar-refractivity contribution in [3.8, 4) is 0 Å². The highest BCUT2D eigenvalue weighted by atomic mass is 16.5. The molecule has 2 aliphatic rings. The largest absolute Gasteiger partial charge is 0.357 e. The molecule has 1 unspecified atom stereocenters. The molecule has 27 heavy (non-hydrogen) atoms. The lowest BCUT2D eigenvalue weighted by Gasteiger charge is -2.31. The third kappa shape index (κ3) is 3.07. The van der Waals surface area contributed by atoms with Crippen molar-refractivity contribution in [1.29, 1.82) is 0 Å². The Morgan fingerprint density at radius 3 is 2.11 bits per heavy atom.